The van der Waals surface area contributed by atoms with E-state index in [1.807, 2.05) is 28.9 Å². The molecule has 2 heterocycles. The van der Waals surface area contributed by atoms with Crippen molar-refractivity contribution in [1.82, 2.24) is 19.6 Å². The average molecular weight is 353 g/mol. The number of ether oxygens (including phenoxy) is 1. The van der Waals surface area contributed by atoms with Crippen LogP contribution in [0.4, 0.5) is 5.82 Å². The van der Waals surface area contributed by atoms with Crippen LogP contribution in [-0.4, -0.2) is 38.5 Å². The second kappa shape index (κ2) is 6.62. The van der Waals surface area contributed by atoms with Crippen LogP contribution in [0.1, 0.15) is 23.3 Å². The van der Waals surface area contributed by atoms with E-state index < -0.39 is 5.97 Å². The molecule has 2 aromatic heterocycles. The number of para-hydroxylation sites is 1. The summed E-state index contributed by atoms with van der Waals surface area (Å²) in [5.74, 6) is 0.439. The maximum absolute atomic E-state index is 12.4. The molecule has 0 spiro atoms. The van der Waals surface area contributed by atoms with Crippen molar-refractivity contribution in [1.29, 1.82) is 0 Å². The number of aromatic nitrogens is 4. The summed E-state index contributed by atoms with van der Waals surface area (Å²) in [4.78, 5) is 23.8. The lowest BCUT2D eigenvalue weighted by Gasteiger charge is -2.03. The van der Waals surface area contributed by atoms with Gasteiger partial charge in [-0.15, -0.1) is 0 Å². The Labute approximate surface area is 149 Å². The van der Waals surface area contributed by atoms with Gasteiger partial charge in [0.1, 0.15) is 6.54 Å². The van der Waals surface area contributed by atoms with Crippen LogP contribution in [0.3, 0.4) is 0 Å². The quantitative estimate of drug-likeness (QED) is 0.685. The Morgan fingerprint density at radius 1 is 1.23 bits per heavy atom. The highest BCUT2D eigenvalue weighted by molar-refractivity contribution is 5.99. The first-order valence-corrected chi connectivity index (χ1v) is 8.51. The summed E-state index contributed by atoms with van der Waals surface area (Å²) in [6.45, 7) is 0.860. The van der Waals surface area contributed by atoms with Crippen molar-refractivity contribution in [3.05, 3.63) is 42.2 Å². The van der Waals surface area contributed by atoms with E-state index in [0.717, 1.165) is 17.4 Å². The predicted molar refractivity (Wildman–Crippen MR) is 94.7 cm³/mol. The van der Waals surface area contributed by atoms with Crippen LogP contribution in [0.25, 0.3) is 10.9 Å². The summed E-state index contributed by atoms with van der Waals surface area (Å²) in [5, 5.41) is 12.4. The standard InChI is InChI=1S/C18H19N5O3/c1-26-18(25)14-8-9-22(20-14)11-16(24)19-17-13-4-2-3-5-15(13)23(21-17)10-12-6-7-12/h2-5,8-9,12H,6-7,10-11H2,1H3,(H,19,21,24). The molecule has 0 unspecified atom stereocenters. The first-order valence-electron chi connectivity index (χ1n) is 8.51. The number of carbonyl (C=O) groups is 2. The molecule has 0 atom stereocenters. The summed E-state index contributed by atoms with van der Waals surface area (Å²) >= 11 is 0. The molecule has 8 nitrogen and oxygen atoms in total. The van der Waals surface area contributed by atoms with Gasteiger partial charge in [0.05, 0.1) is 12.6 Å². The summed E-state index contributed by atoms with van der Waals surface area (Å²) in [6.07, 6.45) is 4.03. The highest BCUT2D eigenvalue weighted by atomic mass is 16.5. The Hall–Kier alpha value is -3.16. The van der Waals surface area contributed by atoms with Gasteiger partial charge in [0.15, 0.2) is 11.5 Å². The molecule has 8 heteroatoms. The van der Waals surface area contributed by atoms with Gasteiger partial charge in [0, 0.05) is 18.1 Å². The third-order valence-electron chi connectivity index (χ3n) is 4.38. The normalized spacial score (nSPS) is 13.7. The third kappa shape index (κ3) is 3.30. The first-order chi connectivity index (χ1) is 12.6. The largest absolute Gasteiger partial charge is 0.464 e. The van der Waals surface area contributed by atoms with E-state index in [0.29, 0.717) is 11.7 Å². The van der Waals surface area contributed by atoms with Gasteiger partial charge in [-0.05, 0) is 37.0 Å². The Kier molecular flexibility index (Phi) is 4.16. The molecular formula is C18H19N5O3. The number of hydrogen-bond acceptors (Lipinski definition) is 5. The molecular weight excluding hydrogens is 334 g/mol. The zero-order valence-corrected chi connectivity index (χ0v) is 14.4. The Morgan fingerprint density at radius 3 is 2.81 bits per heavy atom. The number of rotatable bonds is 6. The molecule has 1 aliphatic carbocycles. The fourth-order valence-electron chi connectivity index (χ4n) is 2.89. The van der Waals surface area contributed by atoms with Crippen molar-refractivity contribution in [3.63, 3.8) is 0 Å². The number of benzene rings is 1. The van der Waals surface area contributed by atoms with Crippen LogP contribution < -0.4 is 5.32 Å². The van der Waals surface area contributed by atoms with E-state index in [2.05, 4.69) is 20.3 Å². The van der Waals surface area contributed by atoms with E-state index in [-0.39, 0.29) is 18.1 Å². The third-order valence-corrected chi connectivity index (χ3v) is 4.38. The van der Waals surface area contributed by atoms with Gasteiger partial charge >= 0.3 is 5.97 Å². The van der Waals surface area contributed by atoms with Crippen molar-refractivity contribution in [3.8, 4) is 0 Å². The Bertz CT molecular complexity index is 970. The fourth-order valence-corrected chi connectivity index (χ4v) is 2.89. The van der Waals surface area contributed by atoms with Crippen LogP contribution in [0, 0.1) is 5.92 Å². The van der Waals surface area contributed by atoms with E-state index in [4.69, 9.17) is 0 Å². The fraction of sp³-hybridized carbons (Fsp3) is 0.333. The SMILES string of the molecule is COC(=O)c1ccn(CC(=O)Nc2nn(CC3CC3)c3ccccc23)n1. The Morgan fingerprint density at radius 2 is 2.04 bits per heavy atom. The minimum absolute atomic E-state index is 0.0131. The summed E-state index contributed by atoms with van der Waals surface area (Å²) < 4.78 is 7.97. The number of nitrogens with zero attached hydrogens (tertiary/aromatic N) is 4. The van der Waals surface area contributed by atoms with Crippen molar-refractivity contribution >= 4 is 28.6 Å². The molecule has 0 aliphatic heterocycles. The maximum atomic E-state index is 12.4. The number of esters is 1. The van der Waals surface area contributed by atoms with Gasteiger partial charge in [-0.25, -0.2) is 4.79 Å². The number of anilines is 1. The summed E-state index contributed by atoms with van der Waals surface area (Å²) in [5.41, 5.74) is 1.18. The molecule has 1 saturated carbocycles. The van der Waals surface area contributed by atoms with E-state index in [9.17, 15) is 9.59 Å². The topological polar surface area (TPSA) is 91.0 Å². The van der Waals surface area contributed by atoms with Crippen molar-refractivity contribution in [2.45, 2.75) is 25.9 Å². The van der Waals surface area contributed by atoms with Gasteiger partial charge in [-0.3, -0.25) is 14.2 Å². The second-order valence-electron chi connectivity index (χ2n) is 6.43. The summed E-state index contributed by atoms with van der Waals surface area (Å²) in [7, 11) is 1.29. The lowest BCUT2D eigenvalue weighted by atomic mass is 10.2. The lowest BCUT2D eigenvalue weighted by Crippen LogP contribution is -2.20. The molecule has 0 saturated heterocycles. The highest BCUT2D eigenvalue weighted by Crippen LogP contribution is 2.32. The van der Waals surface area contributed by atoms with Crippen molar-refractivity contribution in [2.75, 3.05) is 12.4 Å². The number of amides is 1. The van der Waals surface area contributed by atoms with Crippen LogP contribution >= 0.6 is 0 Å². The number of nitrogens with one attached hydrogen (secondary N) is 1. The van der Waals surface area contributed by atoms with E-state index in [1.54, 1.807) is 6.20 Å². The van der Waals surface area contributed by atoms with Crippen LogP contribution in [0.5, 0.6) is 0 Å². The molecule has 0 radical (unpaired) electrons. The van der Waals surface area contributed by atoms with Crippen LogP contribution in [0.15, 0.2) is 36.5 Å². The molecule has 4 rings (SSSR count). The molecule has 0 bridgehead atoms. The Balaban J connectivity index is 1.50. The maximum Gasteiger partial charge on any atom is 0.358 e. The van der Waals surface area contributed by atoms with Gasteiger partial charge in [0.25, 0.3) is 0 Å². The van der Waals surface area contributed by atoms with Gasteiger partial charge in [0.2, 0.25) is 5.91 Å². The smallest absolute Gasteiger partial charge is 0.358 e. The minimum atomic E-state index is -0.533. The van der Waals surface area contributed by atoms with E-state index >= 15 is 0 Å². The number of carbonyl (C=O) groups excluding carboxylic acids is 2. The zero-order valence-electron chi connectivity index (χ0n) is 14.4. The van der Waals surface area contributed by atoms with Gasteiger partial charge in [-0.1, -0.05) is 12.1 Å². The molecule has 1 fully saturated rings. The molecule has 134 valence electrons. The van der Waals surface area contributed by atoms with Gasteiger partial charge < -0.3 is 10.1 Å². The van der Waals surface area contributed by atoms with Crippen LogP contribution in [0.2, 0.25) is 0 Å². The first kappa shape index (κ1) is 16.3. The number of fused-ring (bicyclic) bond motifs is 1. The molecule has 1 aromatic carbocycles. The van der Waals surface area contributed by atoms with Crippen molar-refractivity contribution < 1.29 is 14.3 Å². The zero-order chi connectivity index (χ0) is 18.1. The lowest BCUT2D eigenvalue weighted by molar-refractivity contribution is -0.116. The predicted octanol–water partition coefficient (Wildman–Crippen LogP) is 2.07. The van der Waals surface area contributed by atoms with Gasteiger partial charge in [-0.2, -0.15) is 10.2 Å². The second-order valence-corrected chi connectivity index (χ2v) is 6.43. The summed E-state index contributed by atoms with van der Waals surface area (Å²) in [6, 6.07) is 9.37. The van der Waals surface area contributed by atoms with Crippen molar-refractivity contribution in [2.24, 2.45) is 5.92 Å². The molecule has 1 amide bonds. The van der Waals surface area contributed by atoms with Crippen LogP contribution in [-0.2, 0) is 22.6 Å². The number of methoxy groups -OCH3 is 1. The molecule has 3 aromatic rings. The average Bonchev–Trinajstić information content (AvgIpc) is 3.24. The minimum Gasteiger partial charge on any atom is -0.464 e. The molecule has 1 N–H and O–H groups in total. The number of hydrogen-bond donors (Lipinski definition) is 1. The van der Waals surface area contributed by atoms with E-state index in [1.165, 1.54) is 30.7 Å². The molecule has 26 heavy (non-hydrogen) atoms. The monoisotopic (exact) mass is 353 g/mol. The highest BCUT2D eigenvalue weighted by Gasteiger charge is 2.24. The molecule has 1 aliphatic rings.